The van der Waals surface area contributed by atoms with Crippen molar-refractivity contribution in [3.05, 3.63) is 61.9 Å². The van der Waals surface area contributed by atoms with Gasteiger partial charge in [0.2, 0.25) is 0 Å². The Morgan fingerprint density at radius 2 is 2.11 bits per heavy atom. The molecule has 1 saturated heterocycles. The molecule has 1 aromatic carbocycles. The molecule has 0 saturated carbocycles. The molecule has 12 nitrogen and oxygen atoms in total. The summed E-state index contributed by atoms with van der Waals surface area (Å²) in [4.78, 5) is 38.2. The highest BCUT2D eigenvalue weighted by molar-refractivity contribution is 7.52. The number of rotatable bonds is 12. The van der Waals surface area contributed by atoms with Crippen molar-refractivity contribution >= 4 is 25.3 Å². The Balaban J connectivity index is 1.69. The molecule has 2 aromatic rings. The zero-order valence-electron chi connectivity index (χ0n) is 20.1. The lowest BCUT2D eigenvalue weighted by atomic mass is 10.3. The topological polar surface area (TPSA) is 147 Å². The summed E-state index contributed by atoms with van der Waals surface area (Å²) in [6, 6.07) is 5.31. The minimum absolute atomic E-state index is 0.0251. The van der Waals surface area contributed by atoms with Crippen LogP contribution in [-0.4, -0.2) is 47.7 Å². The van der Waals surface area contributed by atoms with Gasteiger partial charge < -0.3 is 18.7 Å². The van der Waals surface area contributed by atoms with Crippen molar-refractivity contribution < 1.29 is 32.6 Å². The van der Waals surface area contributed by atoms with Gasteiger partial charge in [-0.05, 0) is 32.4 Å². The van der Waals surface area contributed by atoms with Crippen LogP contribution in [0.1, 0.15) is 38.5 Å². The number of carbonyl (C=O) groups excluding carboxylic acids is 1. The monoisotopic (exact) mass is 545 g/mol. The van der Waals surface area contributed by atoms with Crippen molar-refractivity contribution in [1.29, 1.82) is 0 Å². The third-order valence-electron chi connectivity index (χ3n) is 5.07. The smallest absolute Gasteiger partial charge is 0.459 e. The highest BCUT2D eigenvalue weighted by Gasteiger charge is 2.36. The number of esters is 1. The van der Waals surface area contributed by atoms with E-state index < -0.39 is 43.5 Å². The van der Waals surface area contributed by atoms with Crippen LogP contribution >= 0.6 is 19.3 Å². The molecule has 1 aliphatic rings. The quantitative estimate of drug-likeness (QED) is 0.232. The van der Waals surface area contributed by atoms with Crippen LogP contribution in [0, 0.1) is 6.92 Å². The van der Waals surface area contributed by atoms with E-state index in [1.54, 1.807) is 25.1 Å². The van der Waals surface area contributed by atoms with Gasteiger partial charge in [-0.1, -0.05) is 37.1 Å². The second-order valence-corrected chi connectivity index (χ2v) is 10.1. The van der Waals surface area contributed by atoms with Crippen LogP contribution in [0.15, 0.2) is 40.1 Å². The number of carbonyl (C=O) groups is 1. The van der Waals surface area contributed by atoms with Crippen LogP contribution in [0.25, 0.3) is 0 Å². The fourth-order valence-electron chi connectivity index (χ4n) is 3.11. The molecule has 0 spiro atoms. The minimum atomic E-state index is -4.20. The van der Waals surface area contributed by atoms with Gasteiger partial charge in [-0.2, -0.15) is 5.09 Å². The number of nitrogens with one attached hydrogen (secondary N) is 2. The van der Waals surface area contributed by atoms with Crippen molar-refractivity contribution in [3.8, 4) is 5.75 Å². The van der Waals surface area contributed by atoms with Crippen molar-refractivity contribution in [1.82, 2.24) is 14.6 Å². The lowest BCUT2D eigenvalue weighted by molar-refractivity contribution is -0.145. The van der Waals surface area contributed by atoms with Gasteiger partial charge in [0.1, 0.15) is 18.4 Å². The number of aryl methyl sites for hydroxylation is 1. The Labute approximate surface area is 212 Å². The number of halogens is 1. The molecule has 0 aliphatic carbocycles. The van der Waals surface area contributed by atoms with Gasteiger partial charge >= 0.3 is 19.4 Å². The average Bonchev–Trinajstić information content (AvgIpc) is 3.30. The van der Waals surface area contributed by atoms with Crippen molar-refractivity contribution in [2.24, 2.45) is 0 Å². The van der Waals surface area contributed by atoms with Gasteiger partial charge in [-0.25, -0.2) is 9.36 Å². The third kappa shape index (κ3) is 7.52. The van der Waals surface area contributed by atoms with Crippen molar-refractivity contribution in [3.63, 3.8) is 0 Å². The molecular formula is C22H29ClN3O9P. The number of aromatic amines is 1. The number of nitrogens with zero attached hydrogens (tertiary/aromatic N) is 1. The van der Waals surface area contributed by atoms with Crippen molar-refractivity contribution in [2.75, 3.05) is 19.8 Å². The summed E-state index contributed by atoms with van der Waals surface area (Å²) < 4.78 is 42.3. The molecule has 36 heavy (non-hydrogen) atoms. The number of benzene rings is 1. The lowest BCUT2D eigenvalue weighted by Crippen LogP contribution is -2.36. The zero-order valence-corrected chi connectivity index (χ0v) is 21.8. The molecule has 0 radical (unpaired) electrons. The maximum absolute atomic E-state index is 13.6. The van der Waals surface area contributed by atoms with Crippen LogP contribution in [0.4, 0.5) is 0 Å². The Bertz CT molecular complexity index is 1220. The summed E-state index contributed by atoms with van der Waals surface area (Å²) in [6.45, 7) is 4.80. The minimum Gasteiger partial charge on any atom is -0.465 e. The molecule has 1 fully saturated rings. The molecule has 3 rings (SSSR count). The molecule has 1 aliphatic heterocycles. The van der Waals surface area contributed by atoms with Gasteiger partial charge in [0.15, 0.2) is 12.5 Å². The number of hydrogen-bond donors (Lipinski definition) is 2. The highest BCUT2D eigenvalue weighted by Crippen LogP contribution is 2.47. The summed E-state index contributed by atoms with van der Waals surface area (Å²) in [5.41, 5.74) is -0.841. The molecule has 2 unspecified atom stereocenters. The first kappa shape index (κ1) is 28.1. The van der Waals surface area contributed by atoms with Crippen LogP contribution in [0.3, 0.4) is 0 Å². The van der Waals surface area contributed by atoms with E-state index >= 15 is 0 Å². The van der Waals surface area contributed by atoms with Gasteiger partial charge in [0.05, 0.1) is 18.2 Å². The molecular weight excluding hydrogens is 517 g/mol. The Morgan fingerprint density at radius 1 is 1.36 bits per heavy atom. The molecule has 4 atom stereocenters. The molecule has 198 valence electrons. The first-order chi connectivity index (χ1) is 17.1. The predicted molar refractivity (Wildman–Crippen MR) is 130 cm³/mol. The third-order valence-corrected chi connectivity index (χ3v) is 7.01. The maximum Gasteiger partial charge on any atom is 0.459 e. The van der Waals surface area contributed by atoms with E-state index in [4.69, 9.17) is 34.9 Å². The fourth-order valence-corrected chi connectivity index (χ4v) is 4.83. The Kier molecular flexibility index (Phi) is 9.89. The van der Waals surface area contributed by atoms with Crippen molar-refractivity contribution in [2.45, 2.75) is 52.2 Å². The predicted octanol–water partition coefficient (Wildman–Crippen LogP) is 2.90. The molecule has 1 aromatic heterocycles. The average molecular weight is 546 g/mol. The molecule has 2 N–H and O–H groups in total. The summed E-state index contributed by atoms with van der Waals surface area (Å²) in [5, 5.41) is 2.74. The zero-order chi connectivity index (χ0) is 26.3. The van der Waals surface area contributed by atoms with Gasteiger partial charge in [0, 0.05) is 11.8 Å². The number of ether oxygens (including phenoxy) is 3. The fraction of sp³-hybridized carbons (Fsp3) is 0.500. The van der Waals surface area contributed by atoms with Gasteiger partial charge in [-0.3, -0.25) is 23.7 Å². The van der Waals surface area contributed by atoms with E-state index in [2.05, 4.69) is 10.1 Å². The van der Waals surface area contributed by atoms with Crippen LogP contribution in [0.5, 0.6) is 5.75 Å². The SMILES string of the molecule is CCCCOC(=O)C(C)NP(=O)(OC[C@@H]1OC[C@H](n2cc(C)c(=O)[nH]c2=O)O1)Oc1ccccc1Cl. The van der Waals surface area contributed by atoms with E-state index in [1.807, 2.05) is 6.92 Å². The van der Waals surface area contributed by atoms with Crippen LogP contribution in [-0.2, 0) is 28.1 Å². The van der Waals surface area contributed by atoms with E-state index in [1.165, 1.54) is 23.8 Å². The maximum atomic E-state index is 13.6. The van der Waals surface area contributed by atoms with Gasteiger partial charge in [-0.15, -0.1) is 0 Å². The normalized spacial score (nSPS) is 20.0. The number of aromatic nitrogens is 2. The second-order valence-electron chi connectivity index (χ2n) is 8.02. The van der Waals surface area contributed by atoms with E-state index in [0.717, 1.165) is 6.42 Å². The summed E-state index contributed by atoms with van der Waals surface area (Å²) in [6.07, 6.45) is 1.03. The lowest BCUT2D eigenvalue weighted by Gasteiger charge is -2.24. The van der Waals surface area contributed by atoms with Crippen LogP contribution < -0.4 is 20.9 Å². The summed E-state index contributed by atoms with van der Waals surface area (Å²) in [5.74, 6) is -0.556. The second kappa shape index (κ2) is 12.7. The summed E-state index contributed by atoms with van der Waals surface area (Å²) >= 11 is 6.14. The largest absolute Gasteiger partial charge is 0.465 e. The van der Waals surface area contributed by atoms with Gasteiger partial charge in [0.25, 0.3) is 5.56 Å². The van der Waals surface area contributed by atoms with Crippen LogP contribution in [0.2, 0.25) is 5.02 Å². The summed E-state index contributed by atoms with van der Waals surface area (Å²) in [7, 11) is -4.20. The van der Waals surface area contributed by atoms with E-state index in [0.29, 0.717) is 12.0 Å². The number of hydrogen-bond acceptors (Lipinski definition) is 9. The number of H-pyrrole nitrogens is 1. The standard InChI is InChI=1S/C22H29ClN3O9P/c1-4-5-10-31-21(28)15(3)25-36(30,35-17-9-7-6-8-16(17)23)33-13-19-32-12-18(34-19)26-11-14(2)20(27)24-22(26)29/h6-9,11,15,18-19H,4-5,10,12-13H2,1-3H3,(H,25,30)(H,24,27,29)/t15?,18-,19-,36?/m1/s1. The Hall–Kier alpha value is -2.47. The number of unbranched alkanes of at least 4 members (excludes halogenated alkanes) is 1. The van der Waals surface area contributed by atoms with E-state index in [-0.39, 0.29) is 30.6 Å². The molecule has 14 heteroatoms. The Morgan fingerprint density at radius 3 is 2.83 bits per heavy atom. The number of para-hydroxylation sites is 1. The first-order valence-corrected chi connectivity index (χ1v) is 13.3. The van der Waals surface area contributed by atoms with E-state index in [9.17, 15) is 18.9 Å². The molecule has 0 amide bonds. The molecule has 2 heterocycles. The first-order valence-electron chi connectivity index (χ1n) is 11.3. The highest BCUT2D eigenvalue weighted by atomic mass is 35.5. The molecule has 0 bridgehead atoms.